The van der Waals surface area contributed by atoms with Crippen molar-refractivity contribution in [1.82, 2.24) is 9.88 Å². The van der Waals surface area contributed by atoms with Gasteiger partial charge in [0, 0.05) is 41.1 Å². The minimum Gasteiger partial charge on any atom is -0.477 e. The Hall–Kier alpha value is -3.15. The van der Waals surface area contributed by atoms with Crippen molar-refractivity contribution < 1.29 is 14.3 Å². The fourth-order valence-electron chi connectivity index (χ4n) is 4.10. The molecule has 3 aromatic carbocycles. The molecule has 4 aromatic rings. The lowest BCUT2D eigenvalue weighted by Crippen LogP contribution is -2.21. The predicted octanol–water partition coefficient (Wildman–Crippen LogP) is 6.07. The predicted molar refractivity (Wildman–Crippen MR) is 126 cm³/mol. The van der Waals surface area contributed by atoms with Crippen LogP contribution in [0.25, 0.3) is 10.9 Å². The van der Waals surface area contributed by atoms with Crippen molar-refractivity contribution >= 4 is 28.5 Å². The van der Waals surface area contributed by atoms with Gasteiger partial charge in [0.1, 0.15) is 11.5 Å². The third kappa shape index (κ3) is 4.54. The van der Waals surface area contributed by atoms with Gasteiger partial charge in [0.05, 0.1) is 0 Å². The average molecular weight is 451 g/mol. The molecule has 1 aromatic heterocycles. The summed E-state index contributed by atoms with van der Waals surface area (Å²) in [5.74, 6) is -1.14. The summed E-state index contributed by atoms with van der Waals surface area (Å²) in [6.45, 7) is 3.51. The minimum absolute atomic E-state index is 0.214. The molecule has 32 heavy (non-hydrogen) atoms. The maximum Gasteiger partial charge on any atom is 0.352 e. The number of hydrogen-bond donors (Lipinski definition) is 2. The molecule has 6 heteroatoms. The van der Waals surface area contributed by atoms with Crippen molar-refractivity contribution in [2.24, 2.45) is 0 Å². The van der Waals surface area contributed by atoms with Crippen LogP contribution in [0.5, 0.6) is 0 Å². The van der Waals surface area contributed by atoms with Gasteiger partial charge in [-0.25, -0.2) is 9.18 Å². The topological polar surface area (TPSA) is 54.3 Å². The number of aromatic nitrogens is 1. The maximum absolute atomic E-state index is 13.5. The van der Waals surface area contributed by atoms with Crippen LogP contribution in [0.1, 0.15) is 40.0 Å². The van der Waals surface area contributed by atoms with E-state index in [9.17, 15) is 14.3 Å². The second kappa shape index (κ2) is 9.55. The normalized spacial score (nSPS) is 12.2. The number of nitrogens with one attached hydrogen (secondary N) is 1. The van der Waals surface area contributed by atoms with Crippen LogP contribution in [0.2, 0.25) is 5.02 Å². The Kier molecular flexibility index (Phi) is 6.58. The monoisotopic (exact) mass is 450 g/mol. The molecule has 0 bridgehead atoms. The molecule has 2 N–H and O–H groups in total. The molecule has 0 amide bonds. The Morgan fingerprint density at radius 2 is 1.81 bits per heavy atom. The Morgan fingerprint density at radius 3 is 2.53 bits per heavy atom. The molecule has 0 unspecified atom stereocenters. The first-order valence-corrected chi connectivity index (χ1v) is 10.9. The molecular weight excluding hydrogens is 427 g/mol. The van der Waals surface area contributed by atoms with Crippen LogP contribution in [-0.4, -0.2) is 22.2 Å². The molecule has 0 radical (unpaired) electrons. The van der Waals surface area contributed by atoms with Crippen LogP contribution in [-0.2, 0) is 13.1 Å². The molecule has 0 spiro atoms. The summed E-state index contributed by atoms with van der Waals surface area (Å²) in [6, 6.07) is 22.0. The van der Waals surface area contributed by atoms with Gasteiger partial charge >= 0.3 is 5.97 Å². The van der Waals surface area contributed by atoms with E-state index in [0.717, 1.165) is 16.5 Å². The van der Waals surface area contributed by atoms with E-state index in [1.165, 1.54) is 17.7 Å². The van der Waals surface area contributed by atoms with Crippen molar-refractivity contribution in [1.29, 1.82) is 0 Å². The summed E-state index contributed by atoms with van der Waals surface area (Å²) in [7, 11) is 0. The number of nitrogens with zero attached hydrogens (tertiary/aromatic N) is 1. The van der Waals surface area contributed by atoms with Gasteiger partial charge in [-0.05, 0) is 35.2 Å². The van der Waals surface area contributed by atoms with Crippen molar-refractivity contribution in [2.75, 3.05) is 6.54 Å². The Morgan fingerprint density at radius 1 is 1.09 bits per heavy atom. The van der Waals surface area contributed by atoms with E-state index in [-0.39, 0.29) is 23.2 Å². The molecule has 0 aliphatic rings. The quantitative estimate of drug-likeness (QED) is 0.342. The number of para-hydroxylation sites is 1. The van der Waals surface area contributed by atoms with E-state index < -0.39 is 11.8 Å². The van der Waals surface area contributed by atoms with Crippen molar-refractivity contribution in [3.63, 3.8) is 0 Å². The SMILES string of the molecule is C[C@H](CNCc1c(C(=O)O)n(Cc2ccc(F)cc2Cl)c2ccccc12)c1ccccc1. The van der Waals surface area contributed by atoms with Crippen LogP contribution >= 0.6 is 11.6 Å². The third-order valence-electron chi connectivity index (χ3n) is 5.74. The zero-order valence-electron chi connectivity index (χ0n) is 17.7. The maximum atomic E-state index is 13.5. The fraction of sp³-hybridized carbons (Fsp3) is 0.192. The standard InChI is InChI=1S/C26H24ClFN2O2/c1-17(18-7-3-2-4-8-18)14-29-15-22-21-9-5-6-10-24(21)30(25(22)26(31)32)16-19-11-12-20(28)13-23(19)27/h2-13,17,29H,14-16H2,1H3,(H,31,32)/t17-/m1/s1. The molecule has 1 heterocycles. The van der Waals surface area contributed by atoms with Gasteiger partial charge in [-0.15, -0.1) is 0 Å². The van der Waals surface area contributed by atoms with E-state index in [0.29, 0.717) is 18.7 Å². The van der Waals surface area contributed by atoms with E-state index in [1.54, 1.807) is 10.6 Å². The number of benzene rings is 3. The fourth-order valence-corrected chi connectivity index (χ4v) is 4.32. The van der Waals surface area contributed by atoms with Crippen LogP contribution < -0.4 is 5.32 Å². The minimum atomic E-state index is -1.01. The van der Waals surface area contributed by atoms with Crippen molar-refractivity contribution in [2.45, 2.75) is 25.9 Å². The summed E-state index contributed by atoms with van der Waals surface area (Å²) in [5.41, 5.74) is 3.64. The highest BCUT2D eigenvalue weighted by molar-refractivity contribution is 6.31. The highest BCUT2D eigenvalue weighted by atomic mass is 35.5. The van der Waals surface area contributed by atoms with Gasteiger partial charge in [0.25, 0.3) is 0 Å². The van der Waals surface area contributed by atoms with Gasteiger partial charge in [0.2, 0.25) is 0 Å². The molecule has 0 fully saturated rings. The van der Waals surface area contributed by atoms with Gasteiger partial charge in [0.15, 0.2) is 0 Å². The number of fused-ring (bicyclic) bond motifs is 1. The number of rotatable bonds is 8. The largest absolute Gasteiger partial charge is 0.477 e. The van der Waals surface area contributed by atoms with E-state index in [2.05, 4.69) is 24.4 Å². The Labute approximate surface area is 191 Å². The van der Waals surface area contributed by atoms with Crippen molar-refractivity contribution in [3.05, 3.63) is 106 Å². The summed E-state index contributed by atoms with van der Waals surface area (Å²) in [4.78, 5) is 12.3. The first kappa shape index (κ1) is 22.1. The number of hydrogen-bond acceptors (Lipinski definition) is 2. The average Bonchev–Trinajstić information content (AvgIpc) is 3.10. The number of carbonyl (C=O) groups is 1. The highest BCUT2D eigenvalue weighted by Gasteiger charge is 2.23. The number of carboxylic acids is 1. The van der Waals surface area contributed by atoms with Gasteiger partial charge in [-0.1, -0.05) is 73.1 Å². The molecule has 1 atom stereocenters. The summed E-state index contributed by atoms with van der Waals surface area (Å²) < 4.78 is 15.2. The van der Waals surface area contributed by atoms with Gasteiger partial charge in [-0.3, -0.25) is 0 Å². The van der Waals surface area contributed by atoms with Crippen LogP contribution in [0, 0.1) is 5.82 Å². The molecule has 0 saturated carbocycles. The molecule has 164 valence electrons. The lowest BCUT2D eigenvalue weighted by atomic mass is 10.0. The summed E-state index contributed by atoms with van der Waals surface area (Å²) >= 11 is 6.23. The van der Waals surface area contributed by atoms with Crippen LogP contribution in [0.3, 0.4) is 0 Å². The smallest absolute Gasteiger partial charge is 0.352 e. The number of halogens is 2. The van der Waals surface area contributed by atoms with Gasteiger partial charge < -0.3 is 15.0 Å². The Bertz CT molecular complexity index is 1250. The number of carboxylic acid groups (broad SMARTS) is 1. The molecule has 0 aliphatic carbocycles. The summed E-state index contributed by atoms with van der Waals surface area (Å²) in [5, 5.41) is 14.7. The first-order valence-electron chi connectivity index (χ1n) is 10.5. The first-order chi connectivity index (χ1) is 15.5. The Balaban J connectivity index is 1.66. The molecule has 4 nitrogen and oxygen atoms in total. The van der Waals surface area contributed by atoms with E-state index >= 15 is 0 Å². The van der Waals surface area contributed by atoms with Crippen molar-refractivity contribution in [3.8, 4) is 0 Å². The lowest BCUT2D eigenvalue weighted by Gasteiger charge is -2.14. The molecule has 0 saturated heterocycles. The van der Waals surface area contributed by atoms with Crippen LogP contribution in [0.15, 0.2) is 72.8 Å². The number of aromatic carboxylic acids is 1. The lowest BCUT2D eigenvalue weighted by molar-refractivity contribution is 0.0684. The molecule has 0 aliphatic heterocycles. The van der Waals surface area contributed by atoms with E-state index in [4.69, 9.17) is 11.6 Å². The third-order valence-corrected chi connectivity index (χ3v) is 6.09. The second-order valence-corrected chi connectivity index (χ2v) is 8.32. The summed E-state index contributed by atoms with van der Waals surface area (Å²) in [6.07, 6.45) is 0. The van der Waals surface area contributed by atoms with Crippen LogP contribution in [0.4, 0.5) is 4.39 Å². The molecular formula is C26H24ClFN2O2. The zero-order valence-corrected chi connectivity index (χ0v) is 18.4. The zero-order chi connectivity index (χ0) is 22.7. The van der Waals surface area contributed by atoms with E-state index in [1.807, 2.05) is 42.5 Å². The molecule has 4 rings (SSSR count). The highest BCUT2D eigenvalue weighted by Crippen LogP contribution is 2.29. The second-order valence-electron chi connectivity index (χ2n) is 7.91. The van der Waals surface area contributed by atoms with Gasteiger partial charge in [-0.2, -0.15) is 0 Å².